The Balaban J connectivity index is 1.71. The molecule has 0 radical (unpaired) electrons. The standard InChI is InChI=1S/C20H17N3O5S/c24-18-13-28-20(25)23(18)12-16(14-6-2-1-3-7-14)22-29(26,27)17-10-4-8-15-9-5-11-21-19(15)17/h1-11,16,22H,12-13H2. The summed E-state index contributed by atoms with van der Waals surface area (Å²) >= 11 is 0. The molecule has 1 unspecified atom stereocenters. The van der Waals surface area contributed by atoms with Gasteiger partial charge in [-0.15, -0.1) is 0 Å². The Labute approximate surface area is 167 Å². The molecule has 1 aliphatic heterocycles. The quantitative estimate of drug-likeness (QED) is 0.667. The van der Waals surface area contributed by atoms with E-state index in [1.807, 2.05) is 0 Å². The molecule has 0 aliphatic carbocycles. The van der Waals surface area contributed by atoms with Gasteiger partial charge in [0.1, 0.15) is 4.90 Å². The van der Waals surface area contributed by atoms with Crippen LogP contribution in [0.3, 0.4) is 0 Å². The first kappa shape index (κ1) is 19.0. The maximum Gasteiger partial charge on any atom is 0.417 e. The lowest BCUT2D eigenvalue weighted by molar-refractivity contribution is -0.126. The monoisotopic (exact) mass is 411 g/mol. The third-order valence-electron chi connectivity index (χ3n) is 4.59. The normalized spacial score (nSPS) is 15.5. The fourth-order valence-corrected chi connectivity index (χ4v) is 4.57. The van der Waals surface area contributed by atoms with Gasteiger partial charge in [-0.05, 0) is 17.7 Å². The van der Waals surface area contributed by atoms with E-state index in [0.717, 1.165) is 4.90 Å². The molecule has 8 nitrogen and oxygen atoms in total. The molecule has 148 valence electrons. The SMILES string of the molecule is O=C1COC(=O)N1CC(NS(=O)(=O)c1cccc2cccnc12)c1ccccc1. The number of benzene rings is 2. The Bertz CT molecular complexity index is 1160. The number of para-hydroxylation sites is 1. The molecule has 1 N–H and O–H groups in total. The number of cyclic esters (lactones) is 1. The van der Waals surface area contributed by atoms with E-state index in [9.17, 15) is 18.0 Å². The summed E-state index contributed by atoms with van der Waals surface area (Å²) < 4.78 is 33.7. The molecule has 0 bridgehead atoms. The zero-order valence-electron chi connectivity index (χ0n) is 15.2. The van der Waals surface area contributed by atoms with Crippen molar-refractivity contribution in [1.29, 1.82) is 0 Å². The lowest BCUT2D eigenvalue weighted by Gasteiger charge is -2.23. The topological polar surface area (TPSA) is 106 Å². The van der Waals surface area contributed by atoms with Gasteiger partial charge in [0.2, 0.25) is 10.0 Å². The van der Waals surface area contributed by atoms with Crippen LogP contribution in [-0.2, 0) is 19.6 Å². The third kappa shape index (κ3) is 3.82. The van der Waals surface area contributed by atoms with Crippen molar-refractivity contribution in [3.8, 4) is 0 Å². The highest BCUT2D eigenvalue weighted by atomic mass is 32.2. The van der Waals surface area contributed by atoms with Crippen molar-refractivity contribution < 1.29 is 22.7 Å². The van der Waals surface area contributed by atoms with Crippen LogP contribution in [0.15, 0.2) is 71.8 Å². The minimum absolute atomic E-state index is 0.0202. The second-order valence-electron chi connectivity index (χ2n) is 6.47. The maximum absolute atomic E-state index is 13.2. The van der Waals surface area contributed by atoms with Gasteiger partial charge in [-0.3, -0.25) is 9.78 Å². The Kier molecular flexibility index (Phi) is 4.99. The van der Waals surface area contributed by atoms with Crippen molar-refractivity contribution in [3.63, 3.8) is 0 Å². The molecule has 1 fully saturated rings. The molecule has 2 amide bonds. The van der Waals surface area contributed by atoms with Crippen molar-refractivity contribution in [2.45, 2.75) is 10.9 Å². The van der Waals surface area contributed by atoms with Crippen LogP contribution >= 0.6 is 0 Å². The zero-order valence-corrected chi connectivity index (χ0v) is 16.0. The van der Waals surface area contributed by atoms with Crippen LogP contribution in [0.4, 0.5) is 4.79 Å². The highest BCUT2D eigenvalue weighted by molar-refractivity contribution is 7.89. The number of sulfonamides is 1. The predicted octanol–water partition coefficient (Wildman–Crippen LogP) is 2.23. The van der Waals surface area contributed by atoms with Gasteiger partial charge < -0.3 is 4.74 Å². The van der Waals surface area contributed by atoms with E-state index in [1.54, 1.807) is 54.6 Å². The molecule has 1 aliphatic rings. The fourth-order valence-electron chi connectivity index (χ4n) is 3.18. The van der Waals surface area contributed by atoms with E-state index >= 15 is 0 Å². The van der Waals surface area contributed by atoms with Gasteiger partial charge in [0.05, 0.1) is 18.1 Å². The second kappa shape index (κ2) is 7.61. The van der Waals surface area contributed by atoms with Gasteiger partial charge in [-0.25, -0.2) is 22.8 Å². The van der Waals surface area contributed by atoms with Crippen molar-refractivity contribution in [1.82, 2.24) is 14.6 Å². The number of rotatable bonds is 6. The van der Waals surface area contributed by atoms with Crippen LogP contribution in [0, 0.1) is 0 Å². The van der Waals surface area contributed by atoms with Crippen LogP contribution in [0.5, 0.6) is 0 Å². The number of imide groups is 1. The smallest absolute Gasteiger partial charge is 0.417 e. The van der Waals surface area contributed by atoms with Crippen LogP contribution in [0.2, 0.25) is 0 Å². The zero-order chi connectivity index (χ0) is 20.4. The predicted molar refractivity (Wildman–Crippen MR) is 104 cm³/mol. The van der Waals surface area contributed by atoms with Gasteiger partial charge in [-0.1, -0.05) is 48.5 Å². The third-order valence-corrected chi connectivity index (χ3v) is 6.09. The molecule has 2 heterocycles. The average molecular weight is 411 g/mol. The molecule has 0 saturated carbocycles. The Morgan fingerprint density at radius 1 is 1.03 bits per heavy atom. The number of hydrogen-bond acceptors (Lipinski definition) is 6. The van der Waals surface area contributed by atoms with Crippen LogP contribution in [0.25, 0.3) is 10.9 Å². The number of pyridine rings is 1. The first-order valence-electron chi connectivity index (χ1n) is 8.84. The summed E-state index contributed by atoms with van der Waals surface area (Å²) in [5.41, 5.74) is 0.947. The highest BCUT2D eigenvalue weighted by Crippen LogP contribution is 2.24. The lowest BCUT2D eigenvalue weighted by Crippen LogP contribution is -2.40. The number of hydrogen-bond donors (Lipinski definition) is 1. The summed E-state index contributed by atoms with van der Waals surface area (Å²) in [6.07, 6.45) is 0.733. The molecular weight excluding hydrogens is 394 g/mol. The van der Waals surface area contributed by atoms with E-state index in [1.165, 1.54) is 12.3 Å². The van der Waals surface area contributed by atoms with Crippen molar-refractivity contribution in [2.24, 2.45) is 0 Å². The molecule has 29 heavy (non-hydrogen) atoms. The molecular formula is C20H17N3O5S. The Morgan fingerprint density at radius 2 is 1.79 bits per heavy atom. The molecule has 0 spiro atoms. The number of nitrogens with one attached hydrogen (secondary N) is 1. The van der Waals surface area contributed by atoms with Crippen LogP contribution in [0.1, 0.15) is 11.6 Å². The maximum atomic E-state index is 13.2. The number of nitrogens with zero attached hydrogens (tertiary/aromatic N) is 2. The Hall–Kier alpha value is -3.30. The first-order chi connectivity index (χ1) is 14.0. The van der Waals surface area contributed by atoms with Crippen LogP contribution in [-0.4, -0.2) is 43.5 Å². The molecule has 9 heteroatoms. The largest absolute Gasteiger partial charge is 0.439 e. The van der Waals surface area contributed by atoms with Crippen LogP contribution < -0.4 is 4.72 Å². The summed E-state index contributed by atoms with van der Waals surface area (Å²) in [6.45, 7) is -0.528. The highest BCUT2D eigenvalue weighted by Gasteiger charge is 2.35. The lowest BCUT2D eigenvalue weighted by atomic mass is 10.1. The molecule has 1 atom stereocenters. The molecule has 2 aromatic carbocycles. The Morgan fingerprint density at radius 3 is 2.52 bits per heavy atom. The van der Waals surface area contributed by atoms with E-state index in [4.69, 9.17) is 4.74 Å². The van der Waals surface area contributed by atoms with E-state index < -0.39 is 28.1 Å². The van der Waals surface area contributed by atoms with E-state index in [2.05, 4.69) is 9.71 Å². The molecule has 4 rings (SSSR count). The van der Waals surface area contributed by atoms with E-state index in [0.29, 0.717) is 16.5 Å². The number of ether oxygens (including phenoxy) is 1. The van der Waals surface area contributed by atoms with Crippen molar-refractivity contribution in [2.75, 3.05) is 13.2 Å². The number of carbonyl (C=O) groups is 2. The minimum atomic E-state index is -4.01. The molecule has 1 aromatic heterocycles. The number of fused-ring (bicyclic) bond motifs is 1. The number of carbonyl (C=O) groups excluding carboxylic acids is 2. The summed E-state index contributed by atoms with van der Waals surface area (Å²) in [5.74, 6) is -0.512. The molecule has 1 saturated heterocycles. The minimum Gasteiger partial charge on any atom is -0.439 e. The number of aromatic nitrogens is 1. The van der Waals surface area contributed by atoms with Gasteiger partial charge in [0.15, 0.2) is 6.61 Å². The summed E-state index contributed by atoms with van der Waals surface area (Å²) in [4.78, 5) is 28.9. The van der Waals surface area contributed by atoms with Gasteiger partial charge in [0.25, 0.3) is 5.91 Å². The van der Waals surface area contributed by atoms with Gasteiger partial charge in [0, 0.05) is 11.6 Å². The first-order valence-corrected chi connectivity index (χ1v) is 10.3. The summed E-state index contributed by atoms with van der Waals surface area (Å²) in [7, 11) is -4.01. The average Bonchev–Trinajstić information content (AvgIpc) is 3.05. The number of amides is 2. The molecule has 3 aromatic rings. The van der Waals surface area contributed by atoms with Gasteiger partial charge in [-0.2, -0.15) is 0 Å². The van der Waals surface area contributed by atoms with Gasteiger partial charge >= 0.3 is 6.09 Å². The van der Waals surface area contributed by atoms with Crippen molar-refractivity contribution in [3.05, 3.63) is 72.4 Å². The summed E-state index contributed by atoms with van der Waals surface area (Å²) in [6, 6.07) is 16.3. The van der Waals surface area contributed by atoms with Crippen molar-refractivity contribution >= 4 is 32.9 Å². The second-order valence-corrected chi connectivity index (χ2v) is 8.16. The van der Waals surface area contributed by atoms with E-state index in [-0.39, 0.29) is 18.0 Å². The fraction of sp³-hybridized carbons (Fsp3) is 0.150. The summed E-state index contributed by atoms with van der Waals surface area (Å²) in [5, 5.41) is 0.685.